The monoisotopic (exact) mass is 379 g/mol. The van der Waals surface area contributed by atoms with E-state index >= 15 is 0 Å². The minimum Gasteiger partial charge on any atom is -0.383 e. The first-order chi connectivity index (χ1) is 11.8. The second-order valence-electron chi connectivity index (χ2n) is 7.13. The number of carbonyl (C=O) groups excluding carboxylic acids is 1. The average molecular weight is 380 g/mol. The Morgan fingerprint density at radius 2 is 1.96 bits per heavy atom. The summed E-state index contributed by atoms with van der Waals surface area (Å²) in [4.78, 5) is 18.7. The van der Waals surface area contributed by atoms with Crippen molar-refractivity contribution in [2.75, 3.05) is 11.5 Å². The molecule has 2 aliphatic heterocycles. The van der Waals surface area contributed by atoms with E-state index in [9.17, 15) is 9.00 Å². The van der Waals surface area contributed by atoms with Crippen molar-refractivity contribution in [1.29, 1.82) is 0 Å². The fourth-order valence-electron chi connectivity index (χ4n) is 3.72. The Kier molecular flexibility index (Phi) is 5.13. The molecule has 3 rings (SSSR count). The lowest BCUT2D eigenvalue weighted by Crippen LogP contribution is -2.48. The molecule has 4 atom stereocenters. The largest absolute Gasteiger partial charge is 0.383 e. The normalized spacial score (nSPS) is 32.2. The van der Waals surface area contributed by atoms with Gasteiger partial charge >= 0.3 is 0 Å². The van der Waals surface area contributed by atoms with Crippen LogP contribution >= 0.6 is 11.8 Å². The highest BCUT2D eigenvalue weighted by molar-refractivity contribution is 8.14. The minimum absolute atomic E-state index is 0.0933. The Labute approximate surface area is 156 Å². The van der Waals surface area contributed by atoms with Gasteiger partial charge in [-0.2, -0.15) is 0 Å². The highest BCUT2D eigenvalue weighted by Crippen LogP contribution is 2.39. The summed E-state index contributed by atoms with van der Waals surface area (Å²) >= 11 is 1.50. The zero-order chi connectivity index (χ0) is 18.4. The van der Waals surface area contributed by atoms with E-state index in [1.54, 1.807) is 6.92 Å². The zero-order valence-corrected chi connectivity index (χ0v) is 17.1. The number of benzene rings is 1. The zero-order valence-electron chi connectivity index (χ0n) is 15.4. The number of thioether (sulfide) groups is 1. The van der Waals surface area contributed by atoms with Crippen LogP contribution in [0.1, 0.15) is 42.5 Å². The van der Waals surface area contributed by atoms with Crippen molar-refractivity contribution in [3.63, 3.8) is 0 Å². The molecule has 0 aromatic heterocycles. The molecule has 0 radical (unpaired) electrons. The lowest BCUT2D eigenvalue weighted by molar-refractivity contribution is -0.130. The van der Waals surface area contributed by atoms with E-state index in [0.717, 1.165) is 34.6 Å². The smallest absolute Gasteiger partial charge is 0.205 e. The quantitative estimate of drug-likeness (QED) is 0.806. The van der Waals surface area contributed by atoms with Crippen LogP contribution in [0.4, 0.5) is 0 Å². The molecule has 1 aromatic carbocycles. The van der Waals surface area contributed by atoms with Gasteiger partial charge in [-0.05, 0) is 51.0 Å². The van der Waals surface area contributed by atoms with Gasteiger partial charge < -0.3 is 4.84 Å². The second-order valence-corrected chi connectivity index (χ2v) is 10.8. The van der Waals surface area contributed by atoms with Gasteiger partial charge in [0.25, 0.3) is 0 Å². The molecule has 0 spiro atoms. The summed E-state index contributed by atoms with van der Waals surface area (Å²) < 4.78 is 11.6. The number of carbonyl (C=O) groups is 1. The molecule has 0 N–H and O–H groups in total. The van der Waals surface area contributed by atoms with Gasteiger partial charge in [0.2, 0.25) is 5.78 Å². The van der Waals surface area contributed by atoms with E-state index in [2.05, 4.69) is 38.1 Å². The van der Waals surface area contributed by atoms with Crippen molar-refractivity contribution in [2.24, 2.45) is 11.1 Å². The highest BCUT2D eigenvalue weighted by atomic mass is 32.2. The molecule has 25 heavy (non-hydrogen) atoms. The number of oxime groups is 1. The summed E-state index contributed by atoms with van der Waals surface area (Å²) in [5.41, 5.74) is 5.38. The first kappa shape index (κ1) is 18.6. The predicted octanol–water partition coefficient (Wildman–Crippen LogP) is 3.52. The summed E-state index contributed by atoms with van der Waals surface area (Å²) in [7, 11) is -1.17. The third-order valence-corrected chi connectivity index (χ3v) is 8.96. The predicted molar refractivity (Wildman–Crippen MR) is 105 cm³/mol. The molecule has 2 aliphatic rings. The summed E-state index contributed by atoms with van der Waals surface area (Å²) in [6, 6.07) is 4.25. The van der Waals surface area contributed by atoms with Crippen LogP contribution in [0.25, 0.3) is 0 Å². The molecule has 0 bridgehead atoms. The number of Topliss-reactive ketones (excluding diaryl/α,β-unsaturated/α-hetero) is 1. The summed E-state index contributed by atoms with van der Waals surface area (Å²) in [5.74, 6) is 1.20. The van der Waals surface area contributed by atoms with Gasteiger partial charge in [-0.1, -0.05) is 29.8 Å². The summed E-state index contributed by atoms with van der Waals surface area (Å²) in [5, 5.41) is 4.28. The number of rotatable bonds is 3. The minimum atomic E-state index is -1.17. The Bertz CT molecular complexity index is 751. The summed E-state index contributed by atoms with van der Waals surface area (Å²) in [6.07, 6.45) is 0.236. The number of ketones is 1. The molecule has 6 heteroatoms. The molecule has 2 heterocycles. The number of hydrogen-bond donors (Lipinski definition) is 0. The number of aryl methyl sites for hydroxylation is 3. The van der Waals surface area contributed by atoms with Crippen molar-refractivity contribution in [2.45, 2.75) is 51.2 Å². The first-order valence-electron chi connectivity index (χ1n) is 8.64. The molecule has 0 amide bonds. The van der Waals surface area contributed by atoms with E-state index < -0.39 is 21.0 Å². The van der Waals surface area contributed by atoms with Crippen LogP contribution in [0, 0.1) is 26.7 Å². The molecule has 1 saturated heterocycles. The van der Waals surface area contributed by atoms with Gasteiger partial charge in [0, 0.05) is 28.0 Å². The van der Waals surface area contributed by atoms with Crippen LogP contribution in [-0.4, -0.2) is 37.4 Å². The van der Waals surface area contributed by atoms with Gasteiger partial charge in [-0.25, -0.2) is 0 Å². The maximum absolute atomic E-state index is 13.1. The second kappa shape index (κ2) is 6.88. The van der Waals surface area contributed by atoms with Crippen LogP contribution < -0.4 is 0 Å². The van der Waals surface area contributed by atoms with Crippen LogP contribution in [0.3, 0.4) is 0 Å². The Morgan fingerprint density at radius 1 is 1.32 bits per heavy atom. The van der Waals surface area contributed by atoms with Crippen LogP contribution in [0.2, 0.25) is 0 Å². The molecule has 136 valence electrons. The fraction of sp³-hybridized carbons (Fsp3) is 0.579. The van der Waals surface area contributed by atoms with E-state index in [1.165, 1.54) is 17.3 Å². The summed E-state index contributed by atoms with van der Waals surface area (Å²) in [6.45, 7) is 9.97. The Morgan fingerprint density at radius 3 is 2.56 bits per heavy atom. The van der Waals surface area contributed by atoms with Crippen LogP contribution in [0.5, 0.6) is 0 Å². The van der Waals surface area contributed by atoms with E-state index in [4.69, 9.17) is 4.84 Å². The Balaban J connectivity index is 1.88. The van der Waals surface area contributed by atoms with Crippen LogP contribution in [-0.2, 0) is 20.4 Å². The maximum atomic E-state index is 13.1. The SMILES string of the molecule is Cc1cc(C)c(C2=NO[C@@H](C(=O)[C@@]3(C)SCCCS3=O)[C@@H]2C)c(C)c1. The van der Waals surface area contributed by atoms with Gasteiger partial charge in [0.1, 0.15) is 0 Å². The van der Waals surface area contributed by atoms with E-state index in [-0.39, 0.29) is 11.7 Å². The third-order valence-electron chi connectivity index (χ3n) is 5.08. The van der Waals surface area contributed by atoms with Gasteiger partial charge in [-0.15, -0.1) is 11.8 Å². The fourth-order valence-corrected chi connectivity index (χ4v) is 7.00. The lowest BCUT2D eigenvalue weighted by Gasteiger charge is -2.32. The number of hydrogen-bond acceptors (Lipinski definition) is 5. The molecule has 1 aromatic rings. The molecule has 4 nitrogen and oxygen atoms in total. The molecule has 1 unspecified atom stereocenters. The topological polar surface area (TPSA) is 55.7 Å². The van der Waals surface area contributed by atoms with Crippen molar-refractivity contribution < 1.29 is 13.8 Å². The van der Waals surface area contributed by atoms with Crippen LogP contribution in [0.15, 0.2) is 17.3 Å². The maximum Gasteiger partial charge on any atom is 0.205 e. The number of nitrogens with zero attached hydrogens (tertiary/aromatic N) is 1. The van der Waals surface area contributed by atoms with Crippen molar-refractivity contribution in [1.82, 2.24) is 0 Å². The Hall–Kier alpha value is -1.14. The highest BCUT2D eigenvalue weighted by Gasteiger charge is 2.50. The lowest BCUT2D eigenvalue weighted by atomic mass is 9.86. The molecule has 1 fully saturated rings. The molecule has 0 saturated carbocycles. The third kappa shape index (κ3) is 3.19. The van der Waals surface area contributed by atoms with Crippen molar-refractivity contribution in [3.8, 4) is 0 Å². The van der Waals surface area contributed by atoms with Gasteiger partial charge in [-0.3, -0.25) is 9.00 Å². The first-order valence-corrected chi connectivity index (χ1v) is 10.9. The molecule has 0 aliphatic carbocycles. The van der Waals surface area contributed by atoms with Crippen molar-refractivity contribution >= 4 is 34.1 Å². The standard InChI is InChI=1S/C19H25NO3S2/c1-11-9-12(2)15(13(3)10-11)16-14(4)17(23-20-16)18(21)19(5)24-7-6-8-25(19)22/h9-10,14,17H,6-8H2,1-5H3/t14-,17-,19+,25?/m1/s1. The average Bonchev–Trinajstić information content (AvgIpc) is 2.90. The van der Waals surface area contributed by atoms with E-state index in [0.29, 0.717) is 5.75 Å². The van der Waals surface area contributed by atoms with E-state index in [1.807, 2.05) is 6.92 Å². The van der Waals surface area contributed by atoms with Gasteiger partial charge in [0.15, 0.2) is 10.2 Å². The molecular formula is C19H25NO3S2. The van der Waals surface area contributed by atoms with Gasteiger partial charge in [0.05, 0.1) is 5.71 Å². The molecular weight excluding hydrogens is 354 g/mol. The van der Waals surface area contributed by atoms with Crippen molar-refractivity contribution in [3.05, 3.63) is 34.4 Å².